The van der Waals surface area contributed by atoms with Crippen LogP contribution in [0, 0.1) is 6.92 Å². The molecule has 3 heterocycles. The Hall–Kier alpha value is -0.840. The number of hydrogen-bond acceptors (Lipinski definition) is 4. The molecule has 0 saturated carbocycles. The van der Waals surface area contributed by atoms with E-state index < -0.39 is 0 Å². The highest BCUT2D eigenvalue weighted by Gasteiger charge is 2.38. The lowest BCUT2D eigenvalue weighted by molar-refractivity contribution is 0.0482. The summed E-state index contributed by atoms with van der Waals surface area (Å²) in [6, 6.07) is 5.14. The van der Waals surface area contributed by atoms with Gasteiger partial charge in [0.15, 0.2) is 0 Å². The summed E-state index contributed by atoms with van der Waals surface area (Å²) < 4.78 is 5.66. The minimum Gasteiger partial charge on any atom is -0.465 e. The lowest BCUT2D eigenvalue weighted by Gasteiger charge is -2.41. The van der Waals surface area contributed by atoms with Crippen LogP contribution in [0.4, 0.5) is 0 Å². The molecule has 4 nitrogen and oxygen atoms in total. The summed E-state index contributed by atoms with van der Waals surface area (Å²) in [5, 5.41) is 9.75. The summed E-state index contributed by atoms with van der Waals surface area (Å²) in [7, 11) is 0. The number of aryl methyl sites for hydroxylation is 1. The van der Waals surface area contributed by atoms with Gasteiger partial charge in [-0.3, -0.25) is 9.80 Å². The third-order valence-corrected chi connectivity index (χ3v) is 4.23. The Morgan fingerprint density at radius 3 is 2.89 bits per heavy atom. The molecule has 4 heteroatoms. The first-order valence-corrected chi connectivity index (χ1v) is 6.83. The van der Waals surface area contributed by atoms with E-state index in [0.717, 1.165) is 44.1 Å². The van der Waals surface area contributed by atoms with E-state index in [1.54, 1.807) is 0 Å². The molecule has 3 rings (SSSR count). The van der Waals surface area contributed by atoms with Crippen LogP contribution < -0.4 is 0 Å². The number of aliphatic hydroxyl groups excluding tert-OH is 1. The summed E-state index contributed by atoms with van der Waals surface area (Å²) in [5.41, 5.74) is 0. The molecule has 2 aliphatic heterocycles. The third kappa shape index (κ3) is 2.32. The molecule has 1 aromatic heterocycles. The zero-order valence-electron chi connectivity index (χ0n) is 11.2. The summed E-state index contributed by atoms with van der Waals surface area (Å²) in [6.45, 7) is 8.08. The van der Waals surface area contributed by atoms with Crippen LogP contribution in [-0.2, 0) is 6.54 Å². The van der Waals surface area contributed by atoms with E-state index in [9.17, 15) is 5.11 Å². The normalized spacial score (nSPS) is 33.8. The van der Waals surface area contributed by atoms with E-state index in [4.69, 9.17) is 4.42 Å². The summed E-state index contributed by atoms with van der Waals surface area (Å²) >= 11 is 0. The van der Waals surface area contributed by atoms with E-state index in [-0.39, 0.29) is 6.10 Å². The van der Waals surface area contributed by atoms with Crippen LogP contribution >= 0.6 is 0 Å². The molecule has 18 heavy (non-hydrogen) atoms. The van der Waals surface area contributed by atoms with Gasteiger partial charge in [-0.1, -0.05) is 0 Å². The van der Waals surface area contributed by atoms with E-state index in [1.165, 1.54) is 0 Å². The Balaban J connectivity index is 1.66. The molecule has 0 spiro atoms. The van der Waals surface area contributed by atoms with Gasteiger partial charge in [0, 0.05) is 31.7 Å². The maximum absolute atomic E-state index is 9.75. The van der Waals surface area contributed by atoms with Crippen LogP contribution in [0.5, 0.6) is 0 Å². The topological polar surface area (TPSA) is 39.9 Å². The molecule has 0 unspecified atom stereocenters. The first-order chi connectivity index (χ1) is 8.61. The highest BCUT2D eigenvalue weighted by Crippen LogP contribution is 2.26. The molecule has 0 aromatic carbocycles. The molecule has 2 saturated heterocycles. The number of aliphatic hydroxyl groups is 1. The fourth-order valence-corrected chi connectivity index (χ4v) is 3.27. The van der Waals surface area contributed by atoms with Crippen molar-refractivity contribution in [1.82, 2.24) is 9.80 Å². The highest BCUT2D eigenvalue weighted by molar-refractivity contribution is 5.06. The molecule has 1 aromatic rings. The van der Waals surface area contributed by atoms with Gasteiger partial charge in [0.05, 0.1) is 12.6 Å². The number of fused-ring (bicyclic) bond motifs is 1. The second kappa shape index (κ2) is 4.68. The van der Waals surface area contributed by atoms with E-state index in [0.29, 0.717) is 12.1 Å². The van der Waals surface area contributed by atoms with Crippen molar-refractivity contribution >= 4 is 0 Å². The van der Waals surface area contributed by atoms with Crippen molar-refractivity contribution in [3.63, 3.8) is 0 Å². The minimum absolute atomic E-state index is 0.131. The quantitative estimate of drug-likeness (QED) is 0.857. The van der Waals surface area contributed by atoms with E-state index in [1.807, 2.05) is 13.0 Å². The molecular formula is C14H22N2O2. The van der Waals surface area contributed by atoms with Gasteiger partial charge in [0.2, 0.25) is 0 Å². The largest absolute Gasteiger partial charge is 0.465 e. The third-order valence-electron chi connectivity index (χ3n) is 4.23. The van der Waals surface area contributed by atoms with E-state index in [2.05, 4.69) is 22.8 Å². The van der Waals surface area contributed by atoms with Crippen molar-refractivity contribution in [2.24, 2.45) is 0 Å². The van der Waals surface area contributed by atoms with Gasteiger partial charge in [-0.05, 0) is 32.4 Å². The second-order valence-corrected chi connectivity index (χ2v) is 5.79. The smallest absolute Gasteiger partial charge is 0.118 e. The average Bonchev–Trinajstić information content (AvgIpc) is 2.85. The first kappa shape index (κ1) is 12.2. The van der Waals surface area contributed by atoms with Crippen molar-refractivity contribution in [3.05, 3.63) is 23.7 Å². The van der Waals surface area contributed by atoms with Gasteiger partial charge in [-0.25, -0.2) is 0 Å². The fourth-order valence-electron chi connectivity index (χ4n) is 3.27. The van der Waals surface area contributed by atoms with Crippen LogP contribution in [0.25, 0.3) is 0 Å². The average molecular weight is 250 g/mol. The Bertz CT molecular complexity index is 418. The van der Waals surface area contributed by atoms with Crippen LogP contribution in [0.1, 0.15) is 24.9 Å². The molecule has 1 N–H and O–H groups in total. The summed E-state index contributed by atoms with van der Waals surface area (Å²) in [5.74, 6) is 2.03. The molecule has 3 atom stereocenters. The highest BCUT2D eigenvalue weighted by atomic mass is 16.3. The molecule has 0 amide bonds. The number of furan rings is 1. The van der Waals surface area contributed by atoms with Gasteiger partial charge in [0.25, 0.3) is 0 Å². The monoisotopic (exact) mass is 250 g/mol. The Morgan fingerprint density at radius 1 is 1.33 bits per heavy atom. The number of nitrogens with zero attached hydrogens (tertiary/aromatic N) is 2. The van der Waals surface area contributed by atoms with Crippen molar-refractivity contribution in [1.29, 1.82) is 0 Å². The van der Waals surface area contributed by atoms with Crippen LogP contribution in [0.3, 0.4) is 0 Å². The Labute approximate surface area is 108 Å². The summed E-state index contributed by atoms with van der Waals surface area (Å²) in [4.78, 5) is 4.90. The van der Waals surface area contributed by atoms with Crippen LogP contribution in [-0.4, -0.2) is 52.7 Å². The van der Waals surface area contributed by atoms with Gasteiger partial charge in [0.1, 0.15) is 11.5 Å². The molecule has 2 fully saturated rings. The van der Waals surface area contributed by atoms with Crippen molar-refractivity contribution in [2.75, 3.05) is 19.6 Å². The van der Waals surface area contributed by atoms with Gasteiger partial charge in [-0.2, -0.15) is 0 Å². The molecule has 2 aliphatic rings. The van der Waals surface area contributed by atoms with Crippen LogP contribution in [0.2, 0.25) is 0 Å². The van der Waals surface area contributed by atoms with Crippen molar-refractivity contribution in [2.45, 2.75) is 45.0 Å². The maximum atomic E-state index is 9.75. The predicted octanol–water partition coefficient (Wildman–Crippen LogP) is 1.23. The standard InChI is InChI=1S/C14H22N2O2/c1-10-6-16-8-13(17)5-12(16)7-15(10)9-14-4-3-11(2)18-14/h3-4,10,12-13,17H,5-9H2,1-2H3/t10-,12+,13+/m0/s1. The summed E-state index contributed by atoms with van der Waals surface area (Å²) in [6.07, 6.45) is 0.786. The first-order valence-electron chi connectivity index (χ1n) is 6.83. The minimum atomic E-state index is -0.131. The van der Waals surface area contributed by atoms with Crippen molar-refractivity contribution < 1.29 is 9.52 Å². The maximum Gasteiger partial charge on any atom is 0.118 e. The number of piperazine rings is 1. The molecule has 0 aliphatic carbocycles. The number of rotatable bonds is 2. The zero-order valence-corrected chi connectivity index (χ0v) is 11.2. The van der Waals surface area contributed by atoms with Gasteiger partial charge >= 0.3 is 0 Å². The van der Waals surface area contributed by atoms with Crippen LogP contribution in [0.15, 0.2) is 16.5 Å². The number of hydrogen-bond donors (Lipinski definition) is 1. The molecule has 0 radical (unpaired) electrons. The molecule has 100 valence electrons. The fraction of sp³-hybridized carbons (Fsp3) is 0.714. The Morgan fingerprint density at radius 2 is 2.17 bits per heavy atom. The predicted molar refractivity (Wildman–Crippen MR) is 69.3 cm³/mol. The lowest BCUT2D eigenvalue weighted by Crippen LogP contribution is -2.54. The molecular weight excluding hydrogens is 228 g/mol. The van der Waals surface area contributed by atoms with Gasteiger partial charge < -0.3 is 9.52 Å². The molecule has 0 bridgehead atoms. The van der Waals surface area contributed by atoms with Crippen molar-refractivity contribution in [3.8, 4) is 0 Å². The zero-order chi connectivity index (χ0) is 12.7. The van der Waals surface area contributed by atoms with Gasteiger partial charge in [-0.15, -0.1) is 0 Å². The Kier molecular flexibility index (Phi) is 3.18. The van der Waals surface area contributed by atoms with E-state index >= 15 is 0 Å². The lowest BCUT2D eigenvalue weighted by atomic mass is 10.1. The SMILES string of the molecule is Cc1ccc(CN2C[C@H]3C[C@@H](O)CN3C[C@@H]2C)o1. The second-order valence-electron chi connectivity index (χ2n) is 5.79.